The van der Waals surface area contributed by atoms with E-state index in [-0.39, 0.29) is 17.5 Å². The highest BCUT2D eigenvalue weighted by atomic mass is 16.6. The first-order valence-corrected chi connectivity index (χ1v) is 10.5. The summed E-state index contributed by atoms with van der Waals surface area (Å²) in [6, 6.07) is 27.0. The molecule has 0 aliphatic carbocycles. The number of carbonyl (C=O) groups is 1. The fourth-order valence-electron chi connectivity index (χ4n) is 4.10. The van der Waals surface area contributed by atoms with E-state index in [1.165, 1.54) is 12.1 Å². The molecule has 1 saturated heterocycles. The summed E-state index contributed by atoms with van der Waals surface area (Å²) in [5, 5.41) is 10.8. The van der Waals surface area contributed by atoms with E-state index in [2.05, 4.69) is 29.2 Å². The first kappa shape index (κ1) is 20.6. The number of amides is 1. The van der Waals surface area contributed by atoms with Gasteiger partial charge in [0.2, 0.25) is 5.91 Å². The third-order valence-electron chi connectivity index (χ3n) is 5.84. The smallest absolute Gasteiger partial charge is 0.269 e. The van der Waals surface area contributed by atoms with Gasteiger partial charge in [0.25, 0.3) is 5.69 Å². The van der Waals surface area contributed by atoms with Crippen molar-refractivity contribution in [3.63, 3.8) is 0 Å². The Morgan fingerprint density at radius 1 is 0.806 bits per heavy atom. The number of nitrogens with zero attached hydrogens (tertiary/aromatic N) is 3. The average molecular weight is 415 g/mol. The fraction of sp³-hybridized carbons (Fsp3) is 0.240. The highest BCUT2D eigenvalue weighted by Gasteiger charge is 2.25. The van der Waals surface area contributed by atoms with Crippen molar-refractivity contribution in [1.29, 1.82) is 0 Å². The maximum absolute atomic E-state index is 13.2. The number of hydrogen-bond acceptors (Lipinski definition) is 4. The number of benzene rings is 3. The molecule has 1 aliphatic heterocycles. The topological polar surface area (TPSA) is 66.7 Å². The molecule has 31 heavy (non-hydrogen) atoms. The van der Waals surface area contributed by atoms with Crippen LogP contribution in [0.15, 0.2) is 84.9 Å². The Bertz CT molecular complexity index is 975. The quantitative estimate of drug-likeness (QED) is 0.440. The third-order valence-corrected chi connectivity index (χ3v) is 5.84. The van der Waals surface area contributed by atoms with E-state index < -0.39 is 4.92 Å². The lowest BCUT2D eigenvalue weighted by Crippen LogP contribution is -2.49. The van der Waals surface area contributed by atoms with Crippen molar-refractivity contribution >= 4 is 17.3 Å². The number of rotatable bonds is 6. The van der Waals surface area contributed by atoms with Crippen LogP contribution in [0, 0.1) is 10.1 Å². The molecule has 3 aromatic carbocycles. The van der Waals surface area contributed by atoms with Crippen LogP contribution in [-0.4, -0.2) is 41.9 Å². The SMILES string of the molecule is O=C(CC(c1ccccc1)c1ccccc1)N1CCN(c2ccc([N+](=O)[O-])cc2)CC1. The van der Waals surface area contributed by atoms with E-state index in [4.69, 9.17) is 0 Å². The molecule has 4 rings (SSSR count). The number of non-ortho nitro benzene ring substituents is 1. The molecule has 1 heterocycles. The Morgan fingerprint density at radius 2 is 1.32 bits per heavy atom. The molecule has 0 N–H and O–H groups in total. The zero-order valence-electron chi connectivity index (χ0n) is 17.3. The van der Waals surface area contributed by atoms with E-state index in [1.54, 1.807) is 12.1 Å². The van der Waals surface area contributed by atoms with Gasteiger partial charge in [0.15, 0.2) is 0 Å². The van der Waals surface area contributed by atoms with Crippen LogP contribution in [0.25, 0.3) is 0 Å². The van der Waals surface area contributed by atoms with Crippen molar-refractivity contribution in [3.8, 4) is 0 Å². The molecular weight excluding hydrogens is 390 g/mol. The molecule has 0 unspecified atom stereocenters. The standard InChI is InChI=1S/C25H25N3O3/c29-25(19-24(20-7-3-1-4-8-20)21-9-5-2-6-10-21)27-17-15-26(16-18-27)22-11-13-23(14-12-22)28(30)31/h1-14,24H,15-19H2. The van der Waals surface area contributed by atoms with Gasteiger partial charge in [-0.2, -0.15) is 0 Å². The summed E-state index contributed by atoms with van der Waals surface area (Å²) in [5.41, 5.74) is 3.33. The van der Waals surface area contributed by atoms with Gasteiger partial charge in [-0.1, -0.05) is 60.7 Å². The Labute approximate surface area is 181 Å². The Kier molecular flexibility index (Phi) is 6.26. The minimum absolute atomic E-state index is 0.0302. The molecule has 0 saturated carbocycles. The van der Waals surface area contributed by atoms with E-state index in [0.29, 0.717) is 32.6 Å². The molecule has 1 amide bonds. The molecule has 1 fully saturated rings. The van der Waals surface area contributed by atoms with Crippen LogP contribution in [0.5, 0.6) is 0 Å². The fourth-order valence-corrected chi connectivity index (χ4v) is 4.10. The van der Waals surface area contributed by atoms with Crippen LogP contribution in [0.2, 0.25) is 0 Å². The predicted octanol–water partition coefficient (Wildman–Crippen LogP) is 4.47. The molecule has 0 atom stereocenters. The maximum Gasteiger partial charge on any atom is 0.269 e. The van der Waals surface area contributed by atoms with Crippen LogP contribution in [0.4, 0.5) is 11.4 Å². The minimum atomic E-state index is -0.393. The minimum Gasteiger partial charge on any atom is -0.368 e. The summed E-state index contributed by atoms with van der Waals surface area (Å²) in [7, 11) is 0. The van der Waals surface area contributed by atoms with Gasteiger partial charge < -0.3 is 9.80 Å². The number of nitro benzene ring substituents is 1. The molecule has 0 bridgehead atoms. The normalized spacial score (nSPS) is 14.0. The number of piperazine rings is 1. The summed E-state index contributed by atoms with van der Waals surface area (Å²) in [5.74, 6) is 0.184. The Balaban J connectivity index is 1.41. The molecule has 0 aromatic heterocycles. The van der Waals surface area contributed by atoms with Gasteiger partial charge in [-0.3, -0.25) is 14.9 Å². The molecule has 0 spiro atoms. The Hall–Kier alpha value is -3.67. The van der Waals surface area contributed by atoms with Crippen LogP contribution >= 0.6 is 0 Å². The summed E-state index contributed by atoms with van der Waals surface area (Å²) in [6.45, 7) is 2.72. The van der Waals surface area contributed by atoms with E-state index in [9.17, 15) is 14.9 Å². The zero-order valence-corrected chi connectivity index (χ0v) is 17.3. The predicted molar refractivity (Wildman–Crippen MR) is 121 cm³/mol. The van der Waals surface area contributed by atoms with Crippen LogP contribution < -0.4 is 4.90 Å². The maximum atomic E-state index is 13.2. The number of nitro groups is 1. The molecule has 158 valence electrons. The van der Waals surface area contributed by atoms with Crippen LogP contribution in [0.1, 0.15) is 23.5 Å². The number of carbonyl (C=O) groups excluding carboxylic acids is 1. The first-order valence-electron chi connectivity index (χ1n) is 10.5. The van der Waals surface area contributed by atoms with E-state index in [0.717, 1.165) is 16.8 Å². The van der Waals surface area contributed by atoms with E-state index in [1.807, 2.05) is 41.3 Å². The van der Waals surface area contributed by atoms with Gasteiger partial charge in [0.05, 0.1) is 4.92 Å². The second kappa shape index (κ2) is 9.43. The van der Waals surface area contributed by atoms with Gasteiger partial charge in [-0.05, 0) is 23.3 Å². The number of hydrogen-bond donors (Lipinski definition) is 0. The van der Waals surface area contributed by atoms with Crippen LogP contribution in [-0.2, 0) is 4.79 Å². The monoisotopic (exact) mass is 415 g/mol. The third kappa shape index (κ3) is 4.91. The zero-order chi connectivity index (χ0) is 21.6. The summed E-state index contributed by atoms with van der Waals surface area (Å²) < 4.78 is 0. The van der Waals surface area contributed by atoms with E-state index >= 15 is 0 Å². The van der Waals surface area contributed by atoms with Gasteiger partial charge >= 0.3 is 0 Å². The van der Waals surface area contributed by atoms with Crippen molar-refractivity contribution in [1.82, 2.24) is 4.90 Å². The molecule has 3 aromatic rings. The van der Waals surface area contributed by atoms with Crippen molar-refractivity contribution in [3.05, 3.63) is 106 Å². The lowest BCUT2D eigenvalue weighted by atomic mass is 9.88. The summed E-state index contributed by atoms with van der Waals surface area (Å²) in [4.78, 5) is 27.7. The largest absolute Gasteiger partial charge is 0.368 e. The molecule has 6 heteroatoms. The van der Waals surface area contributed by atoms with Gasteiger partial charge in [0.1, 0.15) is 0 Å². The van der Waals surface area contributed by atoms with Gasteiger partial charge in [-0.25, -0.2) is 0 Å². The molecule has 1 aliphatic rings. The lowest BCUT2D eigenvalue weighted by molar-refractivity contribution is -0.384. The van der Waals surface area contributed by atoms with Crippen LogP contribution in [0.3, 0.4) is 0 Å². The second-order valence-electron chi connectivity index (χ2n) is 7.72. The van der Waals surface area contributed by atoms with Crippen molar-refractivity contribution < 1.29 is 9.72 Å². The van der Waals surface area contributed by atoms with Crippen molar-refractivity contribution in [2.75, 3.05) is 31.1 Å². The highest BCUT2D eigenvalue weighted by molar-refractivity contribution is 5.78. The van der Waals surface area contributed by atoms with Crippen molar-refractivity contribution in [2.24, 2.45) is 0 Å². The average Bonchev–Trinajstić information content (AvgIpc) is 2.83. The van der Waals surface area contributed by atoms with Crippen molar-refractivity contribution in [2.45, 2.75) is 12.3 Å². The first-order chi connectivity index (χ1) is 15.1. The molecule has 0 radical (unpaired) electrons. The Morgan fingerprint density at radius 3 is 1.81 bits per heavy atom. The van der Waals surface area contributed by atoms with Gasteiger partial charge in [-0.15, -0.1) is 0 Å². The second-order valence-corrected chi connectivity index (χ2v) is 7.72. The number of anilines is 1. The summed E-state index contributed by atoms with van der Waals surface area (Å²) >= 11 is 0. The molecule has 6 nitrogen and oxygen atoms in total. The van der Waals surface area contributed by atoms with Gasteiger partial charge in [0, 0.05) is 56.3 Å². The molecular formula is C25H25N3O3. The summed E-state index contributed by atoms with van der Waals surface area (Å²) in [6.07, 6.45) is 0.436. The lowest BCUT2D eigenvalue weighted by Gasteiger charge is -2.36. The highest BCUT2D eigenvalue weighted by Crippen LogP contribution is 2.29.